The average Bonchev–Trinajstić information content (AvgIpc) is 3.01. The lowest BCUT2D eigenvalue weighted by Crippen LogP contribution is -2.25. The van der Waals surface area contributed by atoms with E-state index >= 15 is 0 Å². The normalized spacial score (nSPS) is 14.7. The second-order valence-corrected chi connectivity index (χ2v) is 5.54. The van der Waals surface area contributed by atoms with Crippen LogP contribution in [-0.4, -0.2) is 20.5 Å². The van der Waals surface area contributed by atoms with Crippen molar-refractivity contribution >= 4 is 5.78 Å². The number of benzene rings is 1. The Hall–Kier alpha value is -2.07. The fourth-order valence-electron chi connectivity index (χ4n) is 3.04. The smallest absolute Gasteiger partial charge is 0.214 e. The number of hydrogen-bond donors (Lipinski definition) is 1. The van der Waals surface area contributed by atoms with E-state index in [-0.39, 0.29) is 0 Å². The predicted octanol–water partition coefficient (Wildman–Crippen LogP) is 2.29. The average molecular weight is 266 g/mol. The van der Waals surface area contributed by atoms with E-state index in [0.29, 0.717) is 0 Å². The Kier molecular flexibility index (Phi) is 2.47. The number of aromatic nitrogens is 3. The minimum Gasteiger partial charge on any atom is -0.317 e. The summed E-state index contributed by atoms with van der Waals surface area (Å²) < 4.78 is 4.46. The van der Waals surface area contributed by atoms with Crippen molar-refractivity contribution in [3.8, 4) is 11.3 Å². The molecule has 0 spiro atoms. The summed E-state index contributed by atoms with van der Waals surface area (Å²) in [6, 6.07) is 8.55. The van der Waals surface area contributed by atoms with Gasteiger partial charge in [0.25, 0.3) is 0 Å². The van der Waals surface area contributed by atoms with Crippen molar-refractivity contribution in [1.82, 2.24) is 19.3 Å². The van der Waals surface area contributed by atoms with Crippen LogP contribution in [0.2, 0.25) is 0 Å². The van der Waals surface area contributed by atoms with Crippen molar-refractivity contribution in [2.75, 3.05) is 6.54 Å². The van der Waals surface area contributed by atoms with E-state index in [1.54, 1.807) is 0 Å². The van der Waals surface area contributed by atoms with Gasteiger partial charge in [-0.2, -0.15) is 0 Å². The van der Waals surface area contributed by atoms with Crippen LogP contribution < -0.4 is 5.32 Å². The van der Waals surface area contributed by atoms with Gasteiger partial charge in [0.2, 0.25) is 5.78 Å². The Morgan fingerprint density at radius 1 is 1.15 bits per heavy atom. The molecule has 20 heavy (non-hydrogen) atoms. The fraction of sp³-hybridized carbons (Fsp3) is 0.312. The van der Waals surface area contributed by atoms with Gasteiger partial charge in [-0.25, -0.2) is 4.98 Å². The van der Waals surface area contributed by atoms with Gasteiger partial charge >= 0.3 is 0 Å². The van der Waals surface area contributed by atoms with E-state index in [0.717, 1.165) is 31.0 Å². The molecule has 0 saturated carbocycles. The van der Waals surface area contributed by atoms with Crippen LogP contribution in [0.3, 0.4) is 0 Å². The van der Waals surface area contributed by atoms with Crippen LogP contribution >= 0.6 is 0 Å². The first-order chi connectivity index (χ1) is 9.74. The SMILES string of the molecule is Cc1ccc(-c2cn3c4c(n(C)c3n2)CCNC4)cc1. The summed E-state index contributed by atoms with van der Waals surface area (Å²) in [5.41, 5.74) is 6.25. The summed E-state index contributed by atoms with van der Waals surface area (Å²) in [6.45, 7) is 4.09. The maximum Gasteiger partial charge on any atom is 0.214 e. The highest BCUT2D eigenvalue weighted by Gasteiger charge is 2.20. The molecule has 0 fully saturated rings. The highest BCUT2D eigenvalue weighted by Crippen LogP contribution is 2.24. The molecule has 1 aromatic carbocycles. The van der Waals surface area contributed by atoms with Crippen LogP contribution in [0.15, 0.2) is 30.5 Å². The zero-order valence-electron chi connectivity index (χ0n) is 11.8. The van der Waals surface area contributed by atoms with Crippen LogP contribution in [-0.2, 0) is 20.0 Å². The van der Waals surface area contributed by atoms with Crippen LogP contribution in [0.1, 0.15) is 17.0 Å². The lowest BCUT2D eigenvalue weighted by atomic mass is 10.1. The van der Waals surface area contributed by atoms with Crippen molar-refractivity contribution in [1.29, 1.82) is 0 Å². The summed E-state index contributed by atoms with van der Waals surface area (Å²) in [7, 11) is 2.12. The first-order valence-electron chi connectivity index (χ1n) is 7.07. The van der Waals surface area contributed by atoms with Crippen molar-refractivity contribution in [3.63, 3.8) is 0 Å². The standard InChI is InChI=1S/C16H18N4/c1-11-3-5-12(6-4-11)13-10-20-15-9-17-8-7-14(15)19(2)16(20)18-13/h3-6,10,17H,7-9H2,1-2H3. The molecule has 0 aliphatic carbocycles. The fourth-order valence-corrected chi connectivity index (χ4v) is 3.04. The van der Waals surface area contributed by atoms with Crippen LogP contribution in [0.4, 0.5) is 0 Å². The molecule has 1 aliphatic heterocycles. The molecule has 0 saturated heterocycles. The summed E-state index contributed by atoms with van der Waals surface area (Å²) in [6.07, 6.45) is 3.24. The highest BCUT2D eigenvalue weighted by molar-refractivity contribution is 5.62. The molecule has 0 radical (unpaired) electrons. The first kappa shape index (κ1) is 11.7. The lowest BCUT2D eigenvalue weighted by molar-refractivity contribution is 0.607. The van der Waals surface area contributed by atoms with Crippen LogP contribution in [0.5, 0.6) is 0 Å². The van der Waals surface area contributed by atoms with Crippen molar-refractivity contribution in [2.45, 2.75) is 19.9 Å². The molecule has 0 atom stereocenters. The molecular formula is C16H18N4. The van der Waals surface area contributed by atoms with Gasteiger partial charge in [-0.3, -0.25) is 4.40 Å². The summed E-state index contributed by atoms with van der Waals surface area (Å²) in [5, 5.41) is 3.44. The van der Waals surface area contributed by atoms with Gasteiger partial charge in [0.05, 0.1) is 11.4 Å². The van der Waals surface area contributed by atoms with E-state index in [1.165, 1.54) is 22.5 Å². The topological polar surface area (TPSA) is 34.3 Å². The Morgan fingerprint density at radius 2 is 1.95 bits per heavy atom. The van der Waals surface area contributed by atoms with Gasteiger partial charge in [-0.15, -0.1) is 0 Å². The van der Waals surface area contributed by atoms with Gasteiger partial charge in [0.1, 0.15) is 0 Å². The van der Waals surface area contributed by atoms with Gasteiger partial charge < -0.3 is 9.88 Å². The third kappa shape index (κ3) is 1.61. The molecule has 0 amide bonds. The molecule has 0 unspecified atom stereocenters. The Bertz CT molecular complexity index is 777. The molecule has 2 aromatic heterocycles. The summed E-state index contributed by atoms with van der Waals surface area (Å²) in [5.74, 6) is 1.04. The molecule has 102 valence electrons. The summed E-state index contributed by atoms with van der Waals surface area (Å²) >= 11 is 0. The van der Waals surface area contributed by atoms with E-state index in [2.05, 4.69) is 58.7 Å². The Morgan fingerprint density at radius 3 is 2.75 bits per heavy atom. The monoisotopic (exact) mass is 266 g/mol. The number of imidazole rings is 2. The number of nitrogens with one attached hydrogen (secondary N) is 1. The molecular weight excluding hydrogens is 248 g/mol. The second kappa shape index (κ2) is 4.21. The maximum absolute atomic E-state index is 4.82. The largest absolute Gasteiger partial charge is 0.317 e. The molecule has 3 aromatic rings. The summed E-state index contributed by atoms with van der Waals surface area (Å²) in [4.78, 5) is 4.82. The third-order valence-corrected chi connectivity index (χ3v) is 4.19. The number of rotatable bonds is 1. The Labute approximate surface area is 118 Å². The van der Waals surface area contributed by atoms with Gasteiger partial charge in [-0.05, 0) is 6.92 Å². The molecule has 0 bridgehead atoms. The predicted molar refractivity (Wildman–Crippen MR) is 79.7 cm³/mol. The number of hydrogen-bond acceptors (Lipinski definition) is 2. The van der Waals surface area contributed by atoms with E-state index in [1.807, 2.05) is 0 Å². The number of fused-ring (bicyclic) bond motifs is 3. The van der Waals surface area contributed by atoms with E-state index < -0.39 is 0 Å². The molecule has 4 rings (SSSR count). The minimum atomic E-state index is 0.927. The number of nitrogens with zero attached hydrogens (tertiary/aromatic N) is 3. The zero-order chi connectivity index (χ0) is 13.7. The minimum absolute atomic E-state index is 0.927. The highest BCUT2D eigenvalue weighted by atomic mass is 15.2. The quantitative estimate of drug-likeness (QED) is 0.733. The molecule has 1 aliphatic rings. The lowest BCUT2D eigenvalue weighted by Gasteiger charge is -2.14. The van der Waals surface area contributed by atoms with E-state index in [4.69, 9.17) is 4.98 Å². The third-order valence-electron chi connectivity index (χ3n) is 4.19. The van der Waals surface area contributed by atoms with E-state index in [9.17, 15) is 0 Å². The Balaban J connectivity index is 1.89. The van der Waals surface area contributed by atoms with Gasteiger partial charge in [0.15, 0.2) is 0 Å². The molecule has 4 heteroatoms. The first-order valence-corrected chi connectivity index (χ1v) is 7.07. The van der Waals surface area contributed by atoms with Crippen LogP contribution in [0, 0.1) is 6.92 Å². The van der Waals surface area contributed by atoms with Crippen molar-refractivity contribution in [2.24, 2.45) is 7.05 Å². The van der Waals surface area contributed by atoms with Crippen molar-refractivity contribution in [3.05, 3.63) is 47.4 Å². The zero-order valence-corrected chi connectivity index (χ0v) is 11.8. The van der Waals surface area contributed by atoms with Crippen molar-refractivity contribution < 1.29 is 0 Å². The molecule has 4 nitrogen and oxygen atoms in total. The second-order valence-electron chi connectivity index (χ2n) is 5.54. The molecule has 3 heterocycles. The van der Waals surface area contributed by atoms with Crippen LogP contribution in [0.25, 0.3) is 17.0 Å². The van der Waals surface area contributed by atoms with Gasteiger partial charge in [-0.1, -0.05) is 29.8 Å². The van der Waals surface area contributed by atoms with Gasteiger partial charge in [0, 0.05) is 44.0 Å². The maximum atomic E-state index is 4.82. The molecule has 1 N–H and O–H groups in total. The number of aryl methyl sites for hydroxylation is 2.